The van der Waals surface area contributed by atoms with Crippen LogP contribution < -0.4 is 0 Å². The highest BCUT2D eigenvalue weighted by Crippen LogP contribution is 2.39. The normalized spacial score (nSPS) is 16.7. The summed E-state index contributed by atoms with van der Waals surface area (Å²) in [5.41, 5.74) is 0. The molecule has 2 N–H and O–H groups in total. The molecule has 0 spiro atoms. The van der Waals surface area contributed by atoms with Gasteiger partial charge in [0.05, 0.1) is 0 Å². The highest BCUT2D eigenvalue weighted by molar-refractivity contribution is 7.52. The van der Waals surface area contributed by atoms with Crippen LogP contribution in [0, 0.1) is 17.8 Å². The highest BCUT2D eigenvalue weighted by atomic mass is 31.2. The van der Waals surface area contributed by atoms with E-state index >= 15 is 0 Å². The number of alkyl halides is 2. The van der Waals surface area contributed by atoms with Crippen molar-refractivity contribution < 1.29 is 27.9 Å². The molecule has 0 bridgehead atoms. The van der Waals surface area contributed by atoms with Crippen LogP contribution in [0.4, 0.5) is 8.78 Å². The molecule has 0 rings (SSSR count). The van der Waals surface area contributed by atoms with Crippen molar-refractivity contribution in [1.29, 1.82) is 0 Å². The smallest absolute Gasteiger partial charge is 0.324 e. The molecule has 1 unspecified atom stereocenters. The van der Waals surface area contributed by atoms with E-state index in [-0.39, 0.29) is 18.3 Å². The molecule has 0 aromatic carbocycles. The van der Waals surface area contributed by atoms with Gasteiger partial charge in [-0.25, -0.2) is 0 Å². The summed E-state index contributed by atoms with van der Waals surface area (Å²) in [6.07, 6.45) is -1.27. The molecule has 0 heterocycles. The lowest BCUT2D eigenvalue weighted by molar-refractivity contribution is -0.148. The highest BCUT2D eigenvalue weighted by Gasteiger charge is 2.46. The first kappa shape index (κ1) is 17.7. The zero-order valence-electron chi connectivity index (χ0n) is 11.1. The van der Waals surface area contributed by atoms with Gasteiger partial charge in [0.25, 0.3) is 0 Å². The summed E-state index contributed by atoms with van der Waals surface area (Å²) in [4.78, 5) is 28.4. The Hall–Kier alpha value is -0.320. The third-order valence-electron chi connectivity index (χ3n) is 3.20. The maximum atomic E-state index is 13.7. The summed E-state index contributed by atoms with van der Waals surface area (Å²) in [7, 11) is -4.74. The van der Waals surface area contributed by atoms with Gasteiger partial charge >= 0.3 is 13.5 Å². The van der Waals surface area contributed by atoms with Gasteiger partial charge in [0.15, 0.2) is 0 Å². The Kier molecular flexibility index (Phi) is 6.11. The number of hydrogen-bond donors (Lipinski definition) is 2. The van der Waals surface area contributed by atoms with E-state index in [0.717, 1.165) is 0 Å². The van der Waals surface area contributed by atoms with E-state index in [2.05, 4.69) is 0 Å². The number of Topliss-reactive ketones (excluding diaryl/α,β-unsaturated/α-hetero) is 1. The Morgan fingerprint density at radius 1 is 1.22 bits per heavy atom. The zero-order chi connectivity index (χ0) is 14.7. The van der Waals surface area contributed by atoms with Gasteiger partial charge in [-0.05, 0) is 18.3 Å². The number of carbonyl (C=O) groups is 1. The molecule has 7 heteroatoms. The average molecular weight is 286 g/mol. The molecule has 0 saturated heterocycles. The summed E-state index contributed by atoms with van der Waals surface area (Å²) in [6, 6.07) is 0. The standard InChI is InChI=1S/C11H21F2O4P/c1-7(2)8(3)5-9(4)11(12,13)10(14)6-18(15,16)17/h7-9H,5-6H2,1-4H3,(H2,15,16,17)/t8?,9-/m0/s1. The maximum absolute atomic E-state index is 13.7. The number of halogens is 2. The van der Waals surface area contributed by atoms with Crippen molar-refractivity contribution in [3.05, 3.63) is 0 Å². The van der Waals surface area contributed by atoms with Crippen molar-refractivity contribution in [3.63, 3.8) is 0 Å². The Bertz CT molecular complexity index is 338. The molecule has 18 heavy (non-hydrogen) atoms. The first-order valence-electron chi connectivity index (χ1n) is 5.83. The largest absolute Gasteiger partial charge is 0.333 e. The van der Waals surface area contributed by atoms with Crippen LogP contribution in [0.1, 0.15) is 34.1 Å². The number of rotatable bonds is 7. The average Bonchev–Trinajstić information content (AvgIpc) is 2.14. The van der Waals surface area contributed by atoms with E-state index < -0.39 is 31.4 Å². The van der Waals surface area contributed by atoms with Crippen LogP contribution >= 0.6 is 7.60 Å². The summed E-state index contributed by atoms with van der Waals surface area (Å²) in [6.45, 7) is 6.83. The fourth-order valence-corrected chi connectivity index (χ4v) is 2.13. The number of hydrogen-bond acceptors (Lipinski definition) is 2. The molecular formula is C11H21F2O4P. The Balaban J connectivity index is 4.71. The molecule has 0 saturated carbocycles. The van der Waals surface area contributed by atoms with Crippen molar-refractivity contribution in [1.82, 2.24) is 0 Å². The SMILES string of the molecule is CC(C)C(C)C[C@H](C)C(F)(F)C(=O)CP(=O)(O)O. The van der Waals surface area contributed by atoms with Gasteiger partial charge in [-0.1, -0.05) is 27.7 Å². The number of carbonyl (C=O) groups excluding carboxylic acids is 1. The van der Waals surface area contributed by atoms with Crippen molar-refractivity contribution in [2.75, 3.05) is 6.16 Å². The monoisotopic (exact) mass is 286 g/mol. The van der Waals surface area contributed by atoms with E-state index in [0.29, 0.717) is 0 Å². The molecule has 2 atom stereocenters. The predicted octanol–water partition coefficient (Wildman–Crippen LogP) is 2.69. The Morgan fingerprint density at radius 3 is 2.00 bits per heavy atom. The molecule has 108 valence electrons. The van der Waals surface area contributed by atoms with Gasteiger partial charge in [-0.3, -0.25) is 9.36 Å². The quantitative estimate of drug-likeness (QED) is 0.706. The number of ketones is 1. The fraction of sp³-hybridized carbons (Fsp3) is 0.909. The van der Waals surface area contributed by atoms with Crippen molar-refractivity contribution in [2.24, 2.45) is 17.8 Å². The van der Waals surface area contributed by atoms with Crippen molar-refractivity contribution in [3.8, 4) is 0 Å². The molecular weight excluding hydrogens is 265 g/mol. The van der Waals surface area contributed by atoms with Gasteiger partial charge in [-0.15, -0.1) is 0 Å². The van der Waals surface area contributed by atoms with E-state index in [9.17, 15) is 18.1 Å². The van der Waals surface area contributed by atoms with E-state index in [1.54, 1.807) is 0 Å². The minimum atomic E-state index is -4.74. The predicted molar refractivity (Wildman–Crippen MR) is 64.6 cm³/mol. The summed E-state index contributed by atoms with van der Waals surface area (Å²) >= 11 is 0. The van der Waals surface area contributed by atoms with Gasteiger partial charge in [0.1, 0.15) is 6.16 Å². The van der Waals surface area contributed by atoms with Crippen molar-refractivity contribution in [2.45, 2.75) is 40.0 Å². The Labute approximate surface area is 106 Å². The first-order valence-corrected chi connectivity index (χ1v) is 7.63. The van der Waals surface area contributed by atoms with E-state index in [1.165, 1.54) is 6.92 Å². The summed E-state index contributed by atoms with van der Waals surface area (Å²) in [5.74, 6) is -6.38. The van der Waals surface area contributed by atoms with Gasteiger partial charge in [0, 0.05) is 5.92 Å². The second-order valence-corrected chi connectivity index (χ2v) is 6.87. The molecule has 0 fully saturated rings. The summed E-state index contributed by atoms with van der Waals surface area (Å²) in [5, 5.41) is 0. The molecule has 0 aromatic rings. The minimum Gasteiger partial charge on any atom is -0.324 e. The summed E-state index contributed by atoms with van der Waals surface area (Å²) < 4.78 is 37.9. The van der Waals surface area contributed by atoms with E-state index in [1.807, 2.05) is 20.8 Å². The topological polar surface area (TPSA) is 74.6 Å². The third kappa shape index (κ3) is 5.55. The molecule has 0 aliphatic rings. The molecule has 4 nitrogen and oxygen atoms in total. The molecule has 0 radical (unpaired) electrons. The van der Waals surface area contributed by atoms with Crippen LogP contribution in [0.15, 0.2) is 0 Å². The first-order chi connectivity index (χ1) is 7.88. The lowest BCUT2D eigenvalue weighted by Gasteiger charge is -2.26. The minimum absolute atomic E-state index is 0.00809. The second-order valence-electron chi connectivity index (χ2n) is 5.23. The van der Waals surface area contributed by atoms with Crippen LogP contribution in [0.2, 0.25) is 0 Å². The lowest BCUT2D eigenvalue weighted by Crippen LogP contribution is -2.38. The lowest BCUT2D eigenvalue weighted by atomic mass is 9.85. The van der Waals surface area contributed by atoms with Crippen LogP contribution in [0.25, 0.3) is 0 Å². The van der Waals surface area contributed by atoms with Gasteiger partial charge in [0.2, 0.25) is 5.78 Å². The fourth-order valence-electron chi connectivity index (χ4n) is 1.55. The van der Waals surface area contributed by atoms with Crippen LogP contribution in [-0.2, 0) is 9.36 Å². The van der Waals surface area contributed by atoms with E-state index in [4.69, 9.17) is 9.79 Å². The molecule has 0 aliphatic carbocycles. The molecule has 0 aromatic heterocycles. The van der Waals surface area contributed by atoms with Crippen LogP contribution in [0.5, 0.6) is 0 Å². The van der Waals surface area contributed by atoms with Gasteiger partial charge < -0.3 is 9.79 Å². The third-order valence-corrected chi connectivity index (χ3v) is 3.90. The van der Waals surface area contributed by atoms with Crippen LogP contribution in [0.3, 0.4) is 0 Å². The molecule has 0 amide bonds. The second kappa shape index (κ2) is 6.22. The maximum Gasteiger partial charge on any atom is 0.333 e. The zero-order valence-corrected chi connectivity index (χ0v) is 12.0. The van der Waals surface area contributed by atoms with Crippen LogP contribution in [-0.4, -0.2) is 27.7 Å². The van der Waals surface area contributed by atoms with Crippen molar-refractivity contribution >= 4 is 13.4 Å². The Morgan fingerprint density at radius 2 is 1.67 bits per heavy atom. The van der Waals surface area contributed by atoms with Gasteiger partial charge in [-0.2, -0.15) is 8.78 Å². The molecule has 0 aliphatic heterocycles.